The number of benzene rings is 1. The largest absolute Gasteiger partial charge is 0.490 e. The first-order valence-corrected chi connectivity index (χ1v) is 5.41. The van der Waals surface area contributed by atoms with Gasteiger partial charge in [0.1, 0.15) is 5.75 Å². The number of ether oxygens (including phenoxy) is 1. The summed E-state index contributed by atoms with van der Waals surface area (Å²) < 4.78 is 5.93. The fourth-order valence-electron chi connectivity index (χ4n) is 1.50. The molecule has 0 bridgehead atoms. The fraction of sp³-hybridized carbons (Fsp3) is 0.385. The highest BCUT2D eigenvalue weighted by Gasteiger charge is 2.10. The predicted molar refractivity (Wildman–Crippen MR) is 63.2 cm³/mol. The summed E-state index contributed by atoms with van der Waals surface area (Å²) in [5.74, 6) is 1.49. The van der Waals surface area contributed by atoms with E-state index in [1.54, 1.807) is 0 Å². The Hall–Kier alpha value is -1.44. The van der Waals surface area contributed by atoms with Gasteiger partial charge in [0.15, 0.2) is 0 Å². The molecule has 80 valence electrons. The van der Waals surface area contributed by atoms with Crippen molar-refractivity contribution in [3.8, 4) is 5.75 Å². The summed E-state index contributed by atoms with van der Waals surface area (Å²) in [6, 6.07) is 8.15. The van der Waals surface area contributed by atoms with Gasteiger partial charge in [-0.3, -0.25) is 0 Å². The van der Waals surface area contributed by atoms with E-state index in [2.05, 4.69) is 37.9 Å². The van der Waals surface area contributed by atoms with E-state index in [1.807, 2.05) is 18.3 Å². The third kappa shape index (κ3) is 1.99. The number of hydrogen-bond acceptors (Lipinski definition) is 1. The molecule has 1 N–H and O–H groups in total. The van der Waals surface area contributed by atoms with Crippen molar-refractivity contribution >= 4 is 10.9 Å². The van der Waals surface area contributed by atoms with Gasteiger partial charge in [-0.05, 0) is 31.0 Å². The number of aromatic amines is 1. The highest BCUT2D eigenvalue weighted by Crippen LogP contribution is 2.26. The lowest BCUT2D eigenvalue weighted by atomic mass is 10.1. The van der Waals surface area contributed by atoms with E-state index in [0.717, 1.165) is 16.7 Å². The molecule has 1 heterocycles. The minimum Gasteiger partial charge on any atom is -0.490 e. The standard InChI is InChI=1S/C13H17NO/c1-9(2)10(3)15-13-6-4-5-12-11(13)7-8-14-12/h4-10,14H,1-3H3. The normalized spacial score (nSPS) is 13.3. The third-order valence-electron chi connectivity index (χ3n) is 2.81. The molecule has 2 aromatic rings. The first kappa shape index (κ1) is 10.1. The molecule has 0 aliphatic heterocycles. The molecule has 15 heavy (non-hydrogen) atoms. The van der Waals surface area contributed by atoms with Gasteiger partial charge < -0.3 is 9.72 Å². The van der Waals surface area contributed by atoms with Crippen LogP contribution in [0.4, 0.5) is 0 Å². The molecule has 0 amide bonds. The minimum atomic E-state index is 0.241. The molecule has 0 saturated heterocycles. The molecule has 2 nitrogen and oxygen atoms in total. The number of aromatic nitrogens is 1. The first-order chi connectivity index (χ1) is 7.18. The second-order valence-corrected chi connectivity index (χ2v) is 4.26. The van der Waals surface area contributed by atoms with Crippen molar-refractivity contribution in [2.24, 2.45) is 5.92 Å². The monoisotopic (exact) mass is 203 g/mol. The van der Waals surface area contributed by atoms with Gasteiger partial charge in [0.2, 0.25) is 0 Å². The first-order valence-electron chi connectivity index (χ1n) is 5.41. The van der Waals surface area contributed by atoms with Gasteiger partial charge >= 0.3 is 0 Å². The van der Waals surface area contributed by atoms with E-state index >= 15 is 0 Å². The van der Waals surface area contributed by atoms with Gasteiger partial charge in [-0.2, -0.15) is 0 Å². The van der Waals surface area contributed by atoms with Crippen molar-refractivity contribution in [3.05, 3.63) is 30.5 Å². The Kier molecular flexibility index (Phi) is 2.67. The van der Waals surface area contributed by atoms with Crippen molar-refractivity contribution in [2.45, 2.75) is 26.9 Å². The van der Waals surface area contributed by atoms with E-state index in [1.165, 1.54) is 0 Å². The lowest BCUT2D eigenvalue weighted by molar-refractivity contribution is 0.173. The SMILES string of the molecule is CC(C)C(C)Oc1cccc2[nH]ccc12. The van der Waals surface area contributed by atoms with Crippen LogP contribution in [-0.4, -0.2) is 11.1 Å². The van der Waals surface area contributed by atoms with Gasteiger partial charge in [0.25, 0.3) is 0 Å². The van der Waals surface area contributed by atoms with Crippen molar-refractivity contribution in [2.75, 3.05) is 0 Å². The van der Waals surface area contributed by atoms with Crippen LogP contribution in [0.3, 0.4) is 0 Å². The Morgan fingerprint density at radius 3 is 2.67 bits per heavy atom. The fourth-order valence-corrected chi connectivity index (χ4v) is 1.50. The molecule has 2 heteroatoms. The molecule has 0 spiro atoms. The van der Waals surface area contributed by atoms with Gasteiger partial charge in [0, 0.05) is 17.1 Å². The van der Waals surface area contributed by atoms with Gasteiger partial charge in [-0.25, -0.2) is 0 Å². The molecule has 2 rings (SSSR count). The molecule has 1 unspecified atom stereocenters. The number of hydrogen-bond donors (Lipinski definition) is 1. The molecule has 0 fully saturated rings. The Bertz CT molecular complexity index is 444. The highest BCUT2D eigenvalue weighted by molar-refractivity contribution is 5.85. The Labute approximate surface area is 90.3 Å². The van der Waals surface area contributed by atoms with Crippen molar-refractivity contribution < 1.29 is 4.74 Å². The quantitative estimate of drug-likeness (QED) is 0.810. The van der Waals surface area contributed by atoms with Gasteiger partial charge in [0.05, 0.1) is 6.10 Å². The molecular weight excluding hydrogens is 186 g/mol. The molecule has 1 aromatic carbocycles. The highest BCUT2D eigenvalue weighted by atomic mass is 16.5. The number of fused-ring (bicyclic) bond motifs is 1. The van der Waals surface area contributed by atoms with E-state index in [4.69, 9.17) is 4.74 Å². The zero-order valence-electron chi connectivity index (χ0n) is 9.45. The zero-order chi connectivity index (χ0) is 10.8. The predicted octanol–water partition coefficient (Wildman–Crippen LogP) is 3.59. The summed E-state index contributed by atoms with van der Waals surface area (Å²) in [6.07, 6.45) is 2.18. The Balaban J connectivity index is 2.31. The average molecular weight is 203 g/mol. The average Bonchev–Trinajstić information content (AvgIpc) is 2.66. The number of H-pyrrole nitrogens is 1. The number of nitrogens with one attached hydrogen (secondary N) is 1. The van der Waals surface area contributed by atoms with E-state index < -0.39 is 0 Å². The summed E-state index contributed by atoms with van der Waals surface area (Å²) in [5, 5.41) is 1.16. The van der Waals surface area contributed by atoms with Crippen LogP contribution in [0.1, 0.15) is 20.8 Å². The molecule has 0 aliphatic rings. The maximum Gasteiger partial charge on any atom is 0.129 e. The Morgan fingerprint density at radius 1 is 1.13 bits per heavy atom. The van der Waals surface area contributed by atoms with Crippen molar-refractivity contribution in [1.29, 1.82) is 0 Å². The molecule has 1 aromatic heterocycles. The van der Waals surface area contributed by atoms with Crippen LogP contribution in [0.15, 0.2) is 30.5 Å². The van der Waals surface area contributed by atoms with Crippen LogP contribution < -0.4 is 4.74 Å². The van der Waals surface area contributed by atoms with Crippen molar-refractivity contribution in [3.63, 3.8) is 0 Å². The van der Waals surface area contributed by atoms with Gasteiger partial charge in [-0.15, -0.1) is 0 Å². The van der Waals surface area contributed by atoms with Crippen LogP contribution in [0.5, 0.6) is 5.75 Å². The summed E-state index contributed by atoms with van der Waals surface area (Å²) in [6.45, 7) is 6.44. The van der Waals surface area contributed by atoms with Crippen LogP contribution in [0.2, 0.25) is 0 Å². The van der Waals surface area contributed by atoms with Crippen LogP contribution >= 0.6 is 0 Å². The summed E-state index contributed by atoms with van der Waals surface area (Å²) in [5.41, 5.74) is 1.13. The zero-order valence-corrected chi connectivity index (χ0v) is 9.45. The maximum atomic E-state index is 5.93. The summed E-state index contributed by atoms with van der Waals surface area (Å²) in [4.78, 5) is 3.18. The van der Waals surface area contributed by atoms with E-state index in [9.17, 15) is 0 Å². The van der Waals surface area contributed by atoms with Crippen LogP contribution in [-0.2, 0) is 0 Å². The van der Waals surface area contributed by atoms with Crippen LogP contribution in [0.25, 0.3) is 10.9 Å². The lowest BCUT2D eigenvalue weighted by Gasteiger charge is -2.18. The maximum absolute atomic E-state index is 5.93. The third-order valence-corrected chi connectivity index (χ3v) is 2.81. The minimum absolute atomic E-state index is 0.241. The summed E-state index contributed by atoms with van der Waals surface area (Å²) >= 11 is 0. The second-order valence-electron chi connectivity index (χ2n) is 4.26. The van der Waals surface area contributed by atoms with Gasteiger partial charge in [-0.1, -0.05) is 19.9 Å². The summed E-state index contributed by atoms with van der Waals surface area (Å²) in [7, 11) is 0. The van der Waals surface area contributed by atoms with E-state index in [0.29, 0.717) is 5.92 Å². The van der Waals surface area contributed by atoms with Crippen molar-refractivity contribution in [1.82, 2.24) is 4.98 Å². The van der Waals surface area contributed by atoms with Crippen LogP contribution in [0, 0.1) is 5.92 Å². The molecule has 1 atom stereocenters. The molecule has 0 aliphatic carbocycles. The van der Waals surface area contributed by atoms with E-state index in [-0.39, 0.29) is 6.10 Å². The Morgan fingerprint density at radius 2 is 1.93 bits per heavy atom. The molecular formula is C13H17NO. The lowest BCUT2D eigenvalue weighted by Crippen LogP contribution is -2.18. The molecule has 0 saturated carbocycles. The number of rotatable bonds is 3. The topological polar surface area (TPSA) is 25.0 Å². The second kappa shape index (κ2) is 3.97. The smallest absolute Gasteiger partial charge is 0.129 e. The molecule has 0 radical (unpaired) electrons.